The summed E-state index contributed by atoms with van der Waals surface area (Å²) in [4.78, 5) is 31.6. The first kappa shape index (κ1) is 25.7. The monoisotopic (exact) mass is 520 g/mol. The van der Waals surface area contributed by atoms with Crippen LogP contribution >= 0.6 is 0 Å². The lowest BCUT2D eigenvalue weighted by Gasteiger charge is -2.26. The van der Waals surface area contributed by atoms with Crippen LogP contribution in [-0.2, 0) is 16.1 Å². The van der Waals surface area contributed by atoms with E-state index in [2.05, 4.69) is 0 Å². The number of aromatic nitrogens is 1. The van der Waals surface area contributed by atoms with Gasteiger partial charge in [0.2, 0.25) is 0 Å². The van der Waals surface area contributed by atoms with Gasteiger partial charge in [-0.25, -0.2) is 14.6 Å². The summed E-state index contributed by atoms with van der Waals surface area (Å²) in [7, 11) is 1.35. The van der Waals surface area contributed by atoms with Crippen LogP contribution in [0.2, 0.25) is 0 Å². The summed E-state index contributed by atoms with van der Waals surface area (Å²) in [6, 6.07) is 30.1. The van der Waals surface area contributed by atoms with Gasteiger partial charge in [-0.05, 0) is 66.1 Å². The molecule has 2 heterocycles. The number of carbonyl (C=O) groups excluding carboxylic acids is 2. The smallest absolute Gasteiger partial charge is 0.410 e. The van der Waals surface area contributed by atoms with Crippen molar-refractivity contribution in [2.24, 2.45) is 0 Å². The minimum atomic E-state index is -0.460. The molecule has 3 aromatic carbocycles. The second kappa shape index (κ2) is 12.1. The van der Waals surface area contributed by atoms with Crippen molar-refractivity contribution in [2.75, 3.05) is 20.2 Å². The fourth-order valence-corrected chi connectivity index (χ4v) is 4.32. The van der Waals surface area contributed by atoms with Crippen molar-refractivity contribution in [3.8, 4) is 22.8 Å². The van der Waals surface area contributed by atoms with Crippen molar-refractivity contribution in [3.05, 3.63) is 120 Å². The Hall–Kier alpha value is -4.91. The second-order valence-electron chi connectivity index (χ2n) is 8.99. The Kier molecular flexibility index (Phi) is 7.98. The summed E-state index contributed by atoms with van der Waals surface area (Å²) >= 11 is 0. The first-order valence-electron chi connectivity index (χ1n) is 12.7. The third-order valence-corrected chi connectivity index (χ3v) is 6.41. The van der Waals surface area contributed by atoms with Gasteiger partial charge in [0.1, 0.15) is 18.1 Å². The van der Waals surface area contributed by atoms with Crippen LogP contribution in [0.25, 0.3) is 16.8 Å². The lowest BCUT2D eigenvalue weighted by molar-refractivity contribution is 0.0601. The number of amides is 1. The van der Waals surface area contributed by atoms with E-state index in [0.29, 0.717) is 36.5 Å². The molecule has 0 saturated heterocycles. The predicted octanol–water partition coefficient (Wildman–Crippen LogP) is 6.75. The van der Waals surface area contributed by atoms with Crippen LogP contribution in [0.4, 0.5) is 4.79 Å². The molecule has 0 aliphatic carbocycles. The van der Waals surface area contributed by atoms with Gasteiger partial charge in [0, 0.05) is 18.7 Å². The summed E-state index contributed by atoms with van der Waals surface area (Å²) in [5.41, 5.74) is 4.36. The summed E-state index contributed by atoms with van der Waals surface area (Å²) in [6.07, 6.45) is 2.25. The molecule has 39 heavy (non-hydrogen) atoms. The summed E-state index contributed by atoms with van der Waals surface area (Å²) < 4.78 is 16.4. The molecule has 0 radical (unpaired) electrons. The molecule has 0 saturated carbocycles. The van der Waals surface area contributed by atoms with Gasteiger partial charge in [-0.1, -0.05) is 54.6 Å². The van der Waals surface area contributed by atoms with Crippen molar-refractivity contribution in [3.63, 3.8) is 0 Å². The number of methoxy groups -OCH3 is 1. The molecule has 1 amide bonds. The third kappa shape index (κ3) is 6.33. The van der Waals surface area contributed by atoms with Crippen LogP contribution in [0.15, 0.2) is 103 Å². The zero-order chi connectivity index (χ0) is 27.0. The number of benzene rings is 3. The van der Waals surface area contributed by atoms with Crippen LogP contribution in [0, 0.1) is 0 Å². The molecule has 7 nitrogen and oxygen atoms in total. The lowest BCUT2D eigenvalue weighted by Crippen LogP contribution is -2.35. The molecule has 0 fully saturated rings. The first-order chi connectivity index (χ1) is 19.1. The van der Waals surface area contributed by atoms with Gasteiger partial charge in [-0.15, -0.1) is 0 Å². The van der Waals surface area contributed by atoms with Gasteiger partial charge in [0.15, 0.2) is 0 Å². The van der Waals surface area contributed by atoms with Crippen LogP contribution in [0.3, 0.4) is 0 Å². The third-order valence-electron chi connectivity index (χ3n) is 6.41. The molecule has 4 aromatic rings. The zero-order valence-electron chi connectivity index (χ0n) is 21.6. The van der Waals surface area contributed by atoms with Gasteiger partial charge >= 0.3 is 12.1 Å². The Bertz CT molecular complexity index is 1470. The number of rotatable bonds is 7. The van der Waals surface area contributed by atoms with Crippen LogP contribution in [-0.4, -0.2) is 42.1 Å². The Labute approximate surface area is 227 Å². The highest BCUT2D eigenvalue weighted by atomic mass is 16.6. The molecule has 1 aromatic heterocycles. The molecule has 7 heteroatoms. The highest BCUT2D eigenvalue weighted by Gasteiger charge is 2.22. The summed E-state index contributed by atoms with van der Waals surface area (Å²) in [6.45, 7) is 1.17. The van der Waals surface area contributed by atoms with E-state index in [1.54, 1.807) is 11.0 Å². The molecule has 1 aliphatic heterocycles. The Morgan fingerprint density at radius 3 is 2.21 bits per heavy atom. The number of pyridine rings is 1. The second-order valence-corrected chi connectivity index (χ2v) is 8.99. The largest absolute Gasteiger partial charge is 0.465 e. The van der Waals surface area contributed by atoms with Crippen LogP contribution < -0.4 is 4.74 Å². The standard InChI is InChI=1S/C32H28N2O5/c1-37-31(35)28-16-17-29(24-18-20-34(21-19-24)32(36)38-22-23-8-4-2-5-9-23)33-30(28)25-12-14-27(15-13-25)39-26-10-6-3-7-11-26/h2-18H,19-22H2,1H3. The maximum absolute atomic E-state index is 12.5. The van der Waals surface area contributed by atoms with E-state index in [0.717, 1.165) is 28.1 Å². The average molecular weight is 521 g/mol. The lowest BCUT2D eigenvalue weighted by atomic mass is 10.0. The SMILES string of the molecule is COC(=O)c1ccc(C2=CCN(C(=O)OCc3ccccc3)CC2)nc1-c1ccc(Oc2ccccc2)cc1. The van der Waals surface area contributed by atoms with E-state index >= 15 is 0 Å². The molecular formula is C32H28N2O5. The van der Waals surface area contributed by atoms with E-state index in [1.807, 2.05) is 97.1 Å². The molecule has 0 unspecified atom stereocenters. The number of esters is 1. The maximum atomic E-state index is 12.5. The normalized spacial score (nSPS) is 12.8. The molecule has 0 atom stereocenters. The fraction of sp³-hybridized carbons (Fsp3) is 0.156. The van der Waals surface area contributed by atoms with Crippen molar-refractivity contribution in [1.82, 2.24) is 9.88 Å². The maximum Gasteiger partial charge on any atom is 0.410 e. The van der Waals surface area contributed by atoms with Gasteiger partial charge < -0.3 is 19.1 Å². The molecule has 0 bridgehead atoms. The highest BCUT2D eigenvalue weighted by Crippen LogP contribution is 2.30. The van der Waals surface area contributed by atoms with Crippen LogP contribution in [0.1, 0.15) is 28.0 Å². The minimum Gasteiger partial charge on any atom is -0.465 e. The fourth-order valence-electron chi connectivity index (χ4n) is 4.32. The zero-order valence-corrected chi connectivity index (χ0v) is 21.6. The van der Waals surface area contributed by atoms with Crippen molar-refractivity contribution < 1.29 is 23.8 Å². The van der Waals surface area contributed by atoms with Gasteiger partial charge in [-0.3, -0.25) is 0 Å². The van der Waals surface area contributed by atoms with Gasteiger partial charge in [0.05, 0.1) is 24.1 Å². The molecule has 1 aliphatic rings. The molecule has 0 N–H and O–H groups in total. The van der Waals surface area contributed by atoms with E-state index in [9.17, 15) is 9.59 Å². The topological polar surface area (TPSA) is 78.0 Å². The Morgan fingerprint density at radius 2 is 1.54 bits per heavy atom. The van der Waals surface area contributed by atoms with E-state index in [1.165, 1.54) is 7.11 Å². The summed E-state index contributed by atoms with van der Waals surface area (Å²) in [5.74, 6) is 0.955. The molecular weight excluding hydrogens is 492 g/mol. The quantitative estimate of drug-likeness (QED) is 0.251. The number of para-hydroxylation sites is 1. The van der Waals surface area contributed by atoms with Crippen molar-refractivity contribution >= 4 is 17.6 Å². The molecule has 5 rings (SSSR count). The number of hydrogen-bond acceptors (Lipinski definition) is 6. The van der Waals surface area contributed by atoms with E-state index in [4.69, 9.17) is 19.2 Å². The predicted molar refractivity (Wildman–Crippen MR) is 148 cm³/mol. The van der Waals surface area contributed by atoms with Crippen molar-refractivity contribution in [2.45, 2.75) is 13.0 Å². The summed E-state index contributed by atoms with van der Waals surface area (Å²) in [5, 5.41) is 0. The highest BCUT2D eigenvalue weighted by molar-refractivity contribution is 5.96. The molecule has 0 spiro atoms. The van der Waals surface area contributed by atoms with E-state index in [-0.39, 0.29) is 12.7 Å². The van der Waals surface area contributed by atoms with Gasteiger partial charge in [0.25, 0.3) is 0 Å². The Morgan fingerprint density at radius 1 is 0.846 bits per heavy atom. The van der Waals surface area contributed by atoms with Crippen LogP contribution in [0.5, 0.6) is 11.5 Å². The number of hydrogen-bond donors (Lipinski definition) is 0. The first-order valence-corrected chi connectivity index (χ1v) is 12.7. The number of ether oxygens (including phenoxy) is 3. The Balaban J connectivity index is 1.32. The van der Waals surface area contributed by atoms with Crippen molar-refractivity contribution in [1.29, 1.82) is 0 Å². The van der Waals surface area contributed by atoms with Gasteiger partial charge in [-0.2, -0.15) is 0 Å². The molecule has 196 valence electrons. The minimum absolute atomic E-state index is 0.238. The van der Waals surface area contributed by atoms with E-state index < -0.39 is 5.97 Å². The number of nitrogens with zero attached hydrogens (tertiary/aromatic N) is 2. The number of carbonyl (C=O) groups is 2. The average Bonchev–Trinajstić information content (AvgIpc) is 3.00.